The van der Waals surface area contributed by atoms with Gasteiger partial charge in [-0.05, 0) is 99.2 Å². The van der Waals surface area contributed by atoms with E-state index in [-0.39, 0.29) is 18.3 Å². The average Bonchev–Trinajstić information content (AvgIpc) is 3.43. The van der Waals surface area contributed by atoms with Crippen molar-refractivity contribution in [2.24, 2.45) is 0 Å². The molecule has 3 heteroatoms. The van der Waals surface area contributed by atoms with E-state index in [0.29, 0.717) is 0 Å². The van der Waals surface area contributed by atoms with Crippen molar-refractivity contribution in [1.29, 1.82) is 0 Å². The SMILES string of the molecule is CC1(C)OB(c2ccc(-c3c4c(c(-c5ccccc5)c5ccccc35)-c3cccc5cccc-4c35)cc2)OC1(C)C. The summed E-state index contributed by atoms with van der Waals surface area (Å²) in [6.45, 7) is 8.40. The van der Waals surface area contributed by atoms with Gasteiger partial charge in [0.25, 0.3) is 0 Å². The van der Waals surface area contributed by atoms with Crippen molar-refractivity contribution in [2.45, 2.75) is 38.9 Å². The van der Waals surface area contributed by atoms with E-state index in [4.69, 9.17) is 9.31 Å². The van der Waals surface area contributed by atoms with Crippen LogP contribution in [0.25, 0.3) is 66.1 Å². The molecule has 0 bridgehead atoms. The fraction of sp³-hybridized carbons (Fsp3) is 0.158. The van der Waals surface area contributed by atoms with Crippen LogP contribution in [0.3, 0.4) is 0 Å². The zero-order valence-corrected chi connectivity index (χ0v) is 23.9. The van der Waals surface area contributed by atoms with Gasteiger partial charge in [-0.1, -0.05) is 115 Å². The summed E-state index contributed by atoms with van der Waals surface area (Å²) in [7, 11) is -0.380. The number of hydrogen-bond donors (Lipinski definition) is 0. The van der Waals surface area contributed by atoms with Crippen molar-refractivity contribution in [3.05, 3.63) is 115 Å². The molecule has 1 fully saturated rings. The Morgan fingerprint density at radius 2 is 0.951 bits per heavy atom. The topological polar surface area (TPSA) is 18.5 Å². The van der Waals surface area contributed by atoms with Gasteiger partial charge in [-0.3, -0.25) is 0 Å². The molecule has 0 N–H and O–H groups in total. The summed E-state index contributed by atoms with van der Waals surface area (Å²) in [6, 6.07) is 42.0. The van der Waals surface area contributed by atoms with Crippen molar-refractivity contribution in [1.82, 2.24) is 0 Å². The summed E-state index contributed by atoms with van der Waals surface area (Å²) in [4.78, 5) is 0. The second-order valence-corrected chi connectivity index (χ2v) is 12.3. The number of rotatable bonds is 3. The molecule has 6 aromatic carbocycles. The molecule has 1 aliphatic heterocycles. The van der Waals surface area contributed by atoms with E-state index in [9.17, 15) is 0 Å². The van der Waals surface area contributed by atoms with Crippen LogP contribution in [0.4, 0.5) is 0 Å². The highest BCUT2D eigenvalue weighted by molar-refractivity contribution is 6.62. The van der Waals surface area contributed by atoms with E-state index in [1.54, 1.807) is 0 Å². The van der Waals surface area contributed by atoms with E-state index < -0.39 is 0 Å². The fourth-order valence-electron chi connectivity index (χ4n) is 6.73. The molecule has 0 saturated carbocycles. The maximum atomic E-state index is 6.36. The molecular formula is C38H31BO2. The fourth-order valence-corrected chi connectivity index (χ4v) is 6.73. The molecule has 0 radical (unpaired) electrons. The molecule has 0 atom stereocenters. The largest absolute Gasteiger partial charge is 0.494 e. The minimum absolute atomic E-state index is 0.370. The predicted octanol–water partition coefficient (Wildman–Crippen LogP) is 9.27. The van der Waals surface area contributed by atoms with Crippen molar-refractivity contribution < 1.29 is 9.31 Å². The zero-order valence-electron chi connectivity index (χ0n) is 23.9. The molecule has 1 aliphatic carbocycles. The molecule has 2 nitrogen and oxygen atoms in total. The lowest BCUT2D eigenvalue weighted by atomic mass is 9.77. The first-order chi connectivity index (χ1) is 19.8. The minimum Gasteiger partial charge on any atom is -0.399 e. The monoisotopic (exact) mass is 530 g/mol. The molecule has 41 heavy (non-hydrogen) atoms. The number of fused-ring (bicyclic) bond motifs is 4. The van der Waals surface area contributed by atoms with E-state index in [1.165, 1.54) is 66.1 Å². The lowest BCUT2D eigenvalue weighted by Gasteiger charge is -2.32. The minimum atomic E-state index is -0.380. The third-order valence-corrected chi connectivity index (χ3v) is 9.45. The van der Waals surface area contributed by atoms with Gasteiger partial charge in [0.15, 0.2) is 0 Å². The summed E-state index contributed by atoms with van der Waals surface area (Å²) in [5.41, 5.74) is 10.6. The Balaban J connectivity index is 1.41. The molecule has 8 rings (SSSR count). The standard InChI is InChI=1S/C38H31BO2/c1-37(2)38(3,4)41-39(40-37)27-22-20-26(21-23-27)34-29-17-9-8-16-28(29)33(25-12-6-5-7-13-25)35-30-18-10-14-24-15-11-19-31(32(24)30)36(34)35/h5-23H,1-4H3. The van der Waals surface area contributed by atoms with Crippen molar-refractivity contribution in [2.75, 3.05) is 0 Å². The molecule has 198 valence electrons. The highest BCUT2D eigenvalue weighted by Gasteiger charge is 2.51. The summed E-state index contributed by atoms with van der Waals surface area (Å²) < 4.78 is 12.7. The van der Waals surface area contributed by atoms with Crippen LogP contribution in [0.15, 0.2) is 115 Å². The second-order valence-electron chi connectivity index (χ2n) is 12.3. The molecule has 0 amide bonds. The van der Waals surface area contributed by atoms with Gasteiger partial charge in [-0.2, -0.15) is 0 Å². The summed E-state index contributed by atoms with van der Waals surface area (Å²) in [5, 5.41) is 5.15. The maximum absolute atomic E-state index is 6.36. The Morgan fingerprint density at radius 1 is 0.463 bits per heavy atom. The molecular weight excluding hydrogens is 499 g/mol. The molecule has 2 aliphatic rings. The van der Waals surface area contributed by atoms with Crippen molar-refractivity contribution in [3.63, 3.8) is 0 Å². The highest BCUT2D eigenvalue weighted by Crippen LogP contribution is 2.57. The maximum Gasteiger partial charge on any atom is 0.494 e. The number of benzene rings is 6. The van der Waals surface area contributed by atoms with Gasteiger partial charge in [0.2, 0.25) is 0 Å². The van der Waals surface area contributed by atoms with Crippen molar-refractivity contribution in [3.8, 4) is 44.5 Å². The van der Waals surface area contributed by atoms with Crippen LogP contribution in [0.5, 0.6) is 0 Å². The van der Waals surface area contributed by atoms with Gasteiger partial charge in [0.1, 0.15) is 0 Å². The van der Waals surface area contributed by atoms with Gasteiger partial charge in [-0.25, -0.2) is 0 Å². The van der Waals surface area contributed by atoms with Crippen LogP contribution in [0.2, 0.25) is 0 Å². The van der Waals surface area contributed by atoms with Crippen LogP contribution >= 0.6 is 0 Å². The molecule has 0 spiro atoms. The quantitative estimate of drug-likeness (QED) is 0.212. The van der Waals surface area contributed by atoms with Gasteiger partial charge in [-0.15, -0.1) is 0 Å². The van der Waals surface area contributed by atoms with Crippen LogP contribution in [-0.4, -0.2) is 18.3 Å². The third-order valence-electron chi connectivity index (χ3n) is 9.45. The molecule has 0 unspecified atom stereocenters. The average molecular weight is 530 g/mol. The van der Waals surface area contributed by atoms with Crippen molar-refractivity contribution >= 4 is 34.1 Å². The van der Waals surface area contributed by atoms with Gasteiger partial charge in [0.05, 0.1) is 11.2 Å². The Hall–Kier alpha value is -4.18. The third kappa shape index (κ3) is 3.53. The molecule has 6 aromatic rings. The van der Waals surface area contributed by atoms with Crippen LogP contribution in [0, 0.1) is 0 Å². The highest BCUT2D eigenvalue weighted by atomic mass is 16.7. The number of hydrogen-bond acceptors (Lipinski definition) is 2. The summed E-state index contributed by atoms with van der Waals surface area (Å²) >= 11 is 0. The van der Waals surface area contributed by atoms with Gasteiger partial charge >= 0.3 is 7.12 Å². The van der Waals surface area contributed by atoms with Gasteiger partial charge < -0.3 is 9.31 Å². The van der Waals surface area contributed by atoms with Gasteiger partial charge in [0, 0.05) is 0 Å². The summed E-state index contributed by atoms with van der Waals surface area (Å²) in [6.07, 6.45) is 0. The van der Waals surface area contributed by atoms with Crippen LogP contribution < -0.4 is 5.46 Å². The van der Waals surface area contributed by atoms with E-state index in [0.717, 1.165) is 5.46 Å². The first kappa shape index (κ1) is 24.6. The Bertz CT molecular complexity index is 1970. The summed E-state index contributed by atoms with van der Waals surface area (Å²) in [5.74, 6) is 0. The second kappa shape index (κ2) is 8.66. The predicted molar refractivity (Wildman–Crippen MR) is 172 cm³/mol. The normalized spacial score (nSPS) is 16.4. The lowest BCUT2D eigenvalue weighted by Crippen LogP contribution is -2.41. The smallest absolute Gasteiger partial charge is 0.399 e. The first-order valence-corrected chi connectivity index (χ1v) is 14.5. The first-order valence-electron chi connectivity index (χ1n) is 14.5. The lowest BCUT2D eigenvalue weighted by molar-refractivity contribution is 0.00578. The van der Waals surface area contributed by atoms with Crippen LogP contribution in [0.1, 0.15) is 27.7 Å². The zero-order chi connectivity index (χ0) is 27.9. The Morgan fingerprint density at radius 3 is 1.49 bits per heavy atom. The van der Waals surface area contributed by atoms with E-state index >= 15 is 0 Å². The van der Waals surface area contributed by atoms with Crippen LogP contribution in [-0.2, 0) is 9.31 Å². The van der Waals surface area contributed by atoms with E-state index in [1.807, 2.05) is 0 Å². The molecule has 0 aromatic heterocycles. The molecule has 1 saturated heterocycles. The Kier molecular flexibility index (Phi) is 5.20. The Labute approximate surface area is 241 Å². The van der Waals surface area contributed by atoms with E-state index in [2.05, 4.69) is 143 Å². The molecule has 1 heterocycles.